The van der Waals surface area contributed by atoms with Crippen molar-refractivity contribution in [3.63, 3.8) is 0 Å². The number of anilines is 1. The molecule has 2 atom stereocenters. The molecule has 1 fully saturated rings. The second kappa shape index (κ2) is 6.97. The van der Waals surface area contributed by atoms with Crippen LogP contribution in [0.15, 0.2) is 41.0 Å². The maximum absolute atomic E-state index is 12.6. The van der Waals surface area contributed by atoms with Gasteiger partial charge in [0.1, 0.15) is 11.8 Å². The first-order chi connectivity index (χ1) is 11.8. The van der Waals surface area contributed by atoms with Crippen molar-refractivity contribution in [2.45, 2.75) is 18.5 Å². The van der Waals surface area contributed by atoms with Gasteiger partial charge in [-0.25, -0.2) is 0 Å². The number of carbonyl (C=O) groups is 1. The number of hydrogen-bond acceptors (Lipinski definition) is 4. The largest absolute Gasteiger partial charge is 0.468 e. The first-order valence-corrected chi connectivity index (χ1v) is 9.52. The SMILES string of the molecule is CN1[C@@H](C(=O)Nc2ccc(Cl)c(Cl)c2)C[C@@H](c2ccco2)NS1(=O)=O. The quantitative estimate of drug-likeness (QED) is 0.823. The molecule has 0 spiro atoms. The fourth-order valence-electron chi connectivity index (χ4n) is 2.59. The van der Waals surface area contributed by atoms with Crippen LogP contribution in [-0.2, 0) is 15.0 Å². The standard InChI is InChI=1S/C15H15Cl2N3O4S/c1-20-13(15(21)18-9-4-5-10(16)11(17)7-9)8-12(19-25(20,22)23)14-3-2-6-24-14/h2-7,12-13,19H,8H2,1H3,(H,18,21)/t12-,13+/m0/s1. The number of hydrogen-bond donors (Lipinski definition) is 2. The summed E-state index contributed by atoms with van der Waals surface area (Å²) in [5.41, 5.74) is 0.429. The van der Waals surface area contributed by atoms with E-state index in [4.69, 9.17) is 27.6 Å². The van der Waals surface area contributed by atoms with E-state index < -0.39 is 28.2 Å². The predicted molar refractivity (Wildman–Crippen MR) is 94.8 cm³/mol. The van der Waals surface area contributed by atoms with Crippen molar-refractivity contribution >= 4 is 45.0 Å². The Hall–Kier alpha value is -1.58. The van der Waals surface area contributed by atoms with E-state index in [0.29, 0.717) is 21.5 Å². The minimum atomic E-state index is -3.82. The highest BCUT2D eigenvalue weighted by molar-refractivity contribution is 7.87. The van der Waals surface area contributed by atoms with Crippen molar-refractivity contribution < 1.29 is 17.6 Å². The fraction of sp³-hybridized carbons (Fsp3) is 0.267. The van der Waals surface area contributed by atoms with Crippen LogP contribution in [0.3, 0.4) is 0 Å². The lowest BCUT2D eigenvalue weighted by atomic mass is 10.0. The molecule has 1 aliphatic heterocycles. The summed E-state index contributed by atoms with van der Waals surface area (Å²) >= 11 is 11.8. The lowest BCUT2D eigenvalue weighted by Gasteiger charge is -2.35. The third kappa shape index (κ3) is 3.83. The van der Waals surface area contributed by atoms with Crippen LogP contribution in [0.5, 0.6) is 0 Å². The van der Waals surface area contributed by atoms with Crippen molar-refractivity contribution in [2.24, 2.45) is 0 Å². The van der Waals surface area contributed by atoms with Crippen LogP contribution in [-0.4, -0.2) is 31.7 Å². The molecular formula is C15H15Cl2N3O4S. The first-order valence-electron chi connectivity index (χ1n) is 7.32. The van der Waals surface area contributed by atoms with Crippen LogP contribution in [0, 0.1) is 0 Å². The molecule has 25 heavy (non-hydrogen) atoms. The van der Waals surface area contributed by atoms with Crippen molar-refractivity contribution in [1.29, 1.82) is 0 Å². The maximum Gasteiger partial charge on any atom is 0.280 e. The molecule has 7 nitrogen and oxygen atoms in total. The van der Waals surface area contributed by atoms with Crippen LogP contribution in [0.25, 0.3) is 0 Å². The van der Waals surface area contributed by atoms with Crippen LogP contribution in [0.1, 0.15) is 18.2 Å². The number of likely N-dealkylation sites (N-methyl/N-ethyl adjacent to an activating group) is 1. The Bertz CT molecular complexity index is 886. The molecule has 2 N–H and O–H groups in total. The molecule has 10 heteroatoms. The molecule has 1 aromatic carbocycles. The molecule has 0 unspecified atom stereocenters. The molecule has 0 bridgehead atoms. The van der Waals surface area contributed by atoms with Gasteiger partial charge in [-0.1, -0.05) is 23.2 Å². The van der Waals surface area contributed by atoms with Gasteiger partial charge < -0.3 is 9.73 Å². The summed E-state index contributed by atoms with van der Waals surface area (Å²) in [6.45, 7) is 0. The number of rotatable bonds is 3. The van der Waals surface area contributed by atoms with Crippen LogP contribution in [0.4, 0.5) is 5.69 Å². The highest BCUT2D eigenvalue weighted by Gasteiger charge is 2.41. The topological polar surface area (TPSA) is 91.7 Å². The number of carbonyl (C=O) groups excluding carboxylic acids is 1. The Labute approximate surface area is 155 Å². The highest BCUT2D eigenvalue weighted by Crippen LogP contribution is 2.29. The number of amides is 1. The van der Waals surface area contributed by atoms with Crippen molar-refractivity contribution in [1.82, 2.24) is 9.03 Å². The average Bonchev–Trinajstić information content (AvgIpc) is 3.07. The Morgan fingerprint density at radius 1 is 1.32 bits per heavy atom. The molecule has 3 rings (SSSR count). The van der Waals surface area contributed by atoms with Gasteiger partial charge in [-0.2, -0.15) is 17.4 Å². The van der Waals surface area contributed by atoms with Crippen LogP contribution in [0.2, 0.25) is 10.0 Å². The zero-order valence-corrected chi connectivity index (χ0v) is 15.4. The zero-order valence-electron chi connectivity index (χ0n) is 13.1. The van der Waals surface area contributed by atoms with Crippen molar-refractivity contribution in [3.05, 3.63) is 52.4 Å². The summed E-state index contributed by atoms with van der Waals surface area (Å²) in [5.74, 6) is -0.0217. The first kappa shape index (κ1) is 18.2. The van der Waals surface area contributed by atoms with E-state index >= 15 is 0 Å². The minimum Gasteiger partial charge on any atom is -0.468 e. The van der Waals surface area contributed by atoms with E-state index in [-0.39, 0.29) is 6.42 Å². The molecule has 2 aromatic rings. The third-order valence-electron chi connectivity index (χ3n) is 3.94. The summed E-state index contributed by atoms with van der Waals surface area (Å²) in [5, 5.41) is 3.32. The van der Waals surface area contributed by atoms with Crippen molar-refractivity contribution in [2.75, 3.05) is 12.4 Å². The average molecular weight is 404 g/mol. The summed E-state index contributed by atoms with van der Waals surface area (Å²) in [6.07, 6.45) is 1.67. The van der Waals surface area contributed by atoms with E-state index in [0.717, 1.165) is 4.31 Å². The lowest BCUT2D eigenvalue weighted by Crippen LogP contribution is -2.55. The molecule has 1 aliphatic rings. The third-order valence-corrected chi connectivity index (χ3v) is 6.28. The Balaban J connectivity index is 1.83. The van der Waals surface area contributed by atoms with Gasteiger partial charge in [0.2, 0.25) is 5.91 Å². The molecular weight excluding hydrogens is 389 g/mol. The van der Waals surface area contributed by atoms with Crippen LogP contribution >= 0.6 is 23.2 Å². The number of halogens is 2. The van der Waals surface area contributed by atoms with Gasteiger partial charge in [0.15, 0.2) is 0 Å². The smallest absolute Gasteiger partial charge is 0.280 e. The fourth-order valence-corrected chi connectivity index (χ4v) is 4.14. The molecule has 0 radical (unpaired) electrons. The maximum atomic E-state index is 12.6. The van der Waals surface area contributed by atoms with Gasteiger partial charge in [-0.05, 0) is 36.8 Å². The normalized spacial score (nSPS) is 23.3. The van der Waals surface area contributed by atoms with Gasteiger partial charge in [0, 0.05) is 12.7 Å². The second-order valence-corrected chi connectivity index (χ2v) is 8.15. The van der Waals surface area contributed by atoms with E-state index in [1.165, 1.54) is 19.4 Å². The van der Waals surface area contributed by atoms with Crippen LogP contribution < -0.4 is 10.0 Å². The number of nitrogens with one attached hydrogen (secondary N) is 2. The Kier molecular flexibility index (Phi) is 5.08. The molecule has 0 aliphatic carbocycles. The van der Waals surface area contributed by atoms with Crippen molar-refractivity contribution in [3.8, 4) is 0 Å². The molecule has 1 amide bonds. The van der Waals surface area contributed by atoms with Gasteiger partial charge in [-0.3, -0.25) is 4.79 Å². The van der Waals surface area contributed by atoms with Gasteiger partial charge >= 0.3 is 0 Å². The van der Waals surface area contributed by atoms with E-state index in [2.05, 4.69) is 10.0 Å². The number of benzene rings is 1. The van der Waals surface area contributed by atoms with Gasteiger partial charge in [0.25, 0.3) is 10.2 Å². The summed E-state index contributed by atoms with van der Waals surface area (Å²) in [4.78, 5) is 12.6. The summed E-state index contributed by atoms with van der Waals surface area (Å²) in [7, 11) is -2.48. The van der Waals surface area contributed by atoms with E-state index in [1.807, 2.05) is 0 Å². The van der Waals surface area contributed by atoms with E-state index in [9.17, 15) is 13.2 Å². The lowest BCUT2D eigenvalue weighted by molar-refractivity contribution is -0.120. The van der Waals surface area contributed by atoms with E-state index in [1.54, 1.807) is 24.3 Å². The number of furan rings is 1. The Morgan fingerprint density at radius 2 is 2.08 bits per heavy atom. The molecule has 0 saturated carbocycles. The molecule has 1 saturated heterocycles. The zero-order chi connectivity index (χ0) is 18.2. The minimum absolute atomic E-state index is 0.219. The monoisotopic (exact) mass is 403 g/mol. The molecule has 2 heterocycles. The Morgan fingerprint density at radius 3 is 2.72 bits per heavy atom. The summed E-state index contributed by atoms with van der Waals surface area (Å²) < 4.78 is 33.4. The molecule has 134 valence electrons. The predicted octanol–water partition coefficient (Wildman–Crippen LogP) is 2.80. The second-order valence-electron chi connectivity index (χ2n) is 5.58. The summed E-state index contributed by atoms with van der Waals surface area (Å²) in [6, 6.07) is 6.43. The molecule has 1 aromatic heterocycles. The highest BCUT2D eigenvalue weighted by atomic mass is 35.5. The number of nitrogens with zero attached hydrogens (tertiary/aromatic N) is 1. The van der Waals surface area contributed by atoms with Gasteiger partial charge in [-0.15, -0.1) is 0 Å². The van der Waals surface area contributed by atoms with Gasteiger partial charge in [0.05, 0.1) is 22.4 Å².